The molecular formula is C23H32N4O4. The Hall–Kier alpha value is -2.48. The van der Waals surface area contributed by atoms with Gasteiger partial charge in [-0.3, -0.25) is 24.3 Å². The number of amides is 2. The molecule has 1 aromatic heterocycles. The second-order valence-electron chi connectivity index (χ2n) is 9.69. The second-order valence-corrected chi connectivity index (χ2v) is 9.69. The first-order valence-electron chi connectivity index (χ1n) is 11.2. The number of carboxylic acid groups (broad SMARTS) is 1. The van der Waals surface area contributed by atoms with Crippen molar-refractivity contribution >= 4 is 17.8 Å². The Morgan fingerprint density at radius 1 is 1.19 bits per heavy atom. The van der Waals surface area contributed by atoms with Gasteiger partial charge in [-0.2, -0.15) is 0 Å². The standard InChI is InChI=1S/C23H32N4O4/c1-26-14-23(13-18(23)20(24)28)12-17(22(30)31)19(26)21(29)27-10-6-16(7-11-27)3-2-15-4-8-25-9-5-15/h4-5,8-9,16-19H,2-3,6-7,10-14H2,1H3,(H2,24,28)(H,30,31). The van der Waals surface area contributed by atoms with Gasteiger partial charge in [0.2, 0.25) is 11.8 Å². The number of piperidine rings is 2. The molecule has 3 heterocycles. The van der Waals surface area contributed by atoms with Gasteiger partial charge in [0, 0.05) is 37.9 Å². The molecule has 0 radical (unpaired) electrons. The van der Waals surface area contributed by atoms with Crippen molar-refractivity contribution < 1.29 is 19.5 Å². The van der Waals surface area contributed by atoms with Gasteiger partial charge < -0.3 is 15.7 Å². The van der Waals surface area contributed by atoms with Crippen LogP contribution in [-0.4, -0.2) is 70.4 Å². The summed E-state index contributed by atoms with van der Waals surface area (Å²) in [4.78, 5) is 44.8. The van der Waals surface area contributed by atoms with E-state index in [1.54, 1.807) is 7.05 Å². The van der Waals surface area contributed by atoms with Crippen LogP contribution in [0.15, 0.2) is 24.5 Å². The highest BCUT2D eigenvalue weighted by Gasteiger charge is 2.63. The summed E-state index contributed by atoms with van der Waals surface area (Å²) in [6.07, 6.45) is 8.58. The van der Waals surface area contributed by atoms with E-state index in [0.717, 1.165) is 25.7 Å². The number of nitrogens with zero attached hydrogens (tertiary/aromatic N) is 3. The Bertz CT molecular complexity index is 839. The molecule has 1 aliphatic carbocycles. The summed E-state index contributed by atoms with van der Waals surface area (Å²) < 4.78 is 0. The smallest absolute Gasteiger partial charge is 0.308 e. The molecule has 4 unspecified atom stereocenters. The largest absolute Gasteiger partial charge is 0.481 e. The summed E-state index contributed by atoms with van der Waals surface area (Å²) >= 11 is 0. The van der Waals surface area contributed by atoms with Gasteiger partial charge in [0.1, 0.15) is 6.04 Å². The van der Waals surface area contributed by atoms with Crippen LogP contribution in [0.5, 0.6) is 0 Å². The van der Waals surface area contributed by atoms with Gasteiger partial charge in [-0.15, -0.1) is 0 Å². The molecule has 4 rings (SSSR count). The average molecular weight is 429 g/mol. The highest BCUT2D eigenvalue weighted by Crippen LogP contribution is 2.59. The first-order valence-corrected chi connectivity index (χ1v) is 11.2. The van der Waals surface area contributed by atoms with Gasteiger partial charge in [0.05, 0.1) is 5.92 Å². The molecule has 168 valence electrons. The van der Waals surface area contributed by atoms with Gasteiger partial charge in [0.25, 0.3) is 0 Å². The molecule has 2 amide bonds. The van der Waals surface area contributed by atoms with Gasteiger partial charge >= 0.3 is 5.97 Å². The molecule has 3 fully saturated rings. The molecule has 1 saturated carbocycles. The minimum Gasteiger partial charge on any atom is -0.481 e. The minimum absolute atomic E-state index is 0.0893. The lowest BCUT2D eigenvalue weighted by molar-refractivity contribution is -0.157. The molecule has 2 saturated heterocycles. The predicted octanol–water partition coefficient (Wildman–Crippen LogP) is 1.15. The molecule has 1 aromatic rings. The maximum atomic E-state index is 13.3. The van der Waals surface area contributed by atoms with Crippen molar-refractivity contribution in [1.29, 1.82) is 0 Å². The molecule has 1 spiro atoms. The zero-order chi connectivity index (χ0) is 22.2. The number of aliphatic carboxylic acids is 1. The summed E-state index contributed by atoms with van der Waals surface area (Å²) in [6.45, 7) is 1.89. The molecule has 8 heteroatoms. The van der Waals surface area contributed by atoms with Crippen LogP contribution in [-0.2, 0) is 20.8 Å². The molecule has 4 atom stereocenters. The van der Waals surface area contributed by atoms with E-state index in [1.807, 2.05) is 34.3 Å². The van der Waals surface area contributed by atoms with E-state index in [9.17, 15) is 19.5 Å². The SMILES string of the molecule is CN1CC2(CC(C(=O)O)C1C(=O)N1CCC(CCc3ccncc3)CC1)CC2C(N)=O. The quantitative estimate of drug-likeness (QED) is 0.702. The number of aromatic nitrogens is 1. The van der Waals surface area contributed by atoms with Gasteiger partial charge in [-0.05, 0) is 74.6 Å². The summed E-state index contributed by atoms with van der Waals surface area (Å²) in [5, 5.41) is 9.86. The van der Waals surface area contributed by atoms with E-state index in [-0.39, 0.29) is 23.1 Å². The van der Waals surface area contributed by atoms with Gasteiger partial charge in [-0.25, -0.2) is 0 Å². The van der Waals surface area contributed by atoms with Crippen molar-refractivity contribution in [3.05, 3.63) is 30.1 Å². The normalized spacial score (nSPS) is 31.5. The lowest BCUT2D eigenvalue weighted by atomic mass is 9.79. The highest BCUT2D eigenvalue weighted by atomic mass is 16.4. The average Bonchev–Trinajstić information content (AvgIpc) is 3.45. The van der Waals surface area contributed by atoms with E-state index in [0.29, 0.717) is 38.4 Å². The van der Waals surface area contributed by atoms with E-state index in [1.165, 1.54) is 5.56 Å². The van der Waals surface area contributed by atoms with Crippen LogP contribution in [0, 0.1) is 23.2 Å². The number of hydrogen-bond donors (Lipinski definition) is 2. The highest BCUT2D eigenvalue weighted by molar-refractivity contribution is 5.88. The zero-order valence-corrected chi connectivity index (χ0v) is 18.1. The third kappa shape index (κ3) is 4.44. The number of hydrogen-bond acceptors (Lipinski definition) is 5. The van der Waals surface area contributed by atoms with Crippen LogP contribution in [0.2, 0.25) is 0 Å². The second kappa shape index (κ2) is 8.57. The van der Waals surface area contributed by atoms with E-state index >= 15 is 0 Å². The van der Waals surface area contributed by atoms with Crippen LogP contribution in [0.25, 0.3) is 0 Å². The molecule has 31 heavy (non-hydrogen) atoms. The number of carboxylic acids is 1. The summed E-state index contributed by atoms with van der Waals surface area (Å²) in [7, 11) is 1.80. The van der Waals surface area contributed by atoms with Gasteiger partial charge in [0.15, 0.2) is 0 Å². The Kier molecular flexibility index (Phi) is 6.01. The molecule has 0 bridgehead atoms. The predicted molar refractivity (Wildman–Crippen MR) is 114 cm³/mol. The summed E-state index contributed by atoms with van der Waals surface area (Å²) in [5.41, 5.74) is 6.38. The van der Waals surface area contributed by atoms with Crippen molar-refractivity contribution in [3.63, 3.8) is 0 Å². The topological polar surface area (TPSA) is 117 Å². The number of likely N-dealkylation sites (N-methyl/N-ethyl adjacent to an activating group) is 1. The fourth-order valence-electron chi connectivity index (χ4n) is 5.80. The van der Waals surface area contributed by atoms with Crippen LogP contribution >= 0.6 is 0 Å². The van der Waals surface area contributed by atoms with Crippen LogP contribution in [0.4, 0.5) is 0 Å². The van der Waals surface area contributed by atoms with Crippen LogP contribution in [0.1, 0.15) is 37.7 Å². The number of primary amides is 1. The van der Waals surface area contributed by atoms with E-state index in [2.05, 4.69) is 4.98 Å². The molecule has 3 aliphatic rings. The van der Waals surface area contributed by atoms with E-state index < -0.39 is 17.9 Å². The first-order chi connectivity index (χ1) is 14.8. The third-order valence-corrected chi connectivity index (χ3v) is 7.67. The number of rotatable bonds is 6. The van der Waals surface area contributed by atoms with Gasteiger partial charge in [-0.1, -0.05) is 0 Å². The number of carbonyl (C=O) groups excluding carboxylic acids is 2. The monoisotopic (exact) mass is 428 g/mol. The lowest BCUT2D eigenvalue weighted by Crippen LogP contribution is -2.59. The van der Waals surface area contributed by atoms with Crippen molar-refractivity contribution in [3.8, 4) is 0 Å². The Morgan fingerprint density at radius 2 is 1.87 bits per heavy atom. The number of nitrogens with two attached hydrogens (primary N) is 1. The van der Waals surface area contributed by atoms with Crippen LogP contribution in [0.3, 0.4) is 0 Å². The Morgan fingerprint density at radius 3 is 2.45 bits per heavy atom. The molecule has 2 aliphatic heterocycles. The fraction of sp³-hybridized carbons (Fsp3) is 0.652. The molecular weight excluding hydrogens is 396 g/mol. The Balaban J connectivity index is 1.34. The molecule has 3 N–H and O–H groups in total. The summed E-state index contributed by atoms with van der Waals surface area (Å²) in [6, 6.07) is 3.41. The molecule has 0 aromatic carbocycles. The fourth-order valence-corrected chi connectivity index (χ4v) is 5.80. The number of aryl methyl sites for hydroxylation is 1. The maximum absolute atomic E-state index is 13.3. The Labute approximate surface area is 182 Å². The third-order valence-electron chi connectivity index (χ3n) is 7.67. The first kappa shape index (κ1) is 21.7. The lowest BCUT2D eigenvalue weighted by Gasteiger charge is -2.44. The van der Waals surface area contributed by atoms with Crippen molar-refractivity contribution in [2.24, 2.45) is 28.9 Å². The van der Waals surface area contributed by atoms with Crippen LogP contribution < -0.4 is 5.73 Å². The van der Waals surface area contributed by atoms with Crippen molar-refractivity contribution in [2.45, 2.75) is 44.6 Å². The van der Waals surface area contributed by atoms with Crippen molar-refractivity contribution in [1.82, 2.24) is 14.8 Å². The maximum Gasteiger partial charge on any atom is 0.308 e. The van der Waals surface area contributed by atoms with E-state index in [4.69, 9.17) is 5.73 Å². The number of carbonyl (C=O) groups is 3. The summed E-state index contributed by atoms with van der Waals surface area (Å²) in [5.74, 6) is -1.93. The number of likely N-dealkylation sites (tertiary alicyclic amines) is 2. The zero-order valence-electron chi connectivity index (χ0n) is 18.1. The van der Waals surface area contributed by atoms with Crippen molar-refractivity contribution in [2.75, 3.05) is 26.7 Å². The number of pyridine rings is 1. The molecule has 8 nitrogen and oxygen atoms in total. The minimum atomic E-state index is -0.966.